The largest absolute Gasteiger partial charge is 0.469 e. The summed E-state index contributed by atoms with van der Waals surface area (Å²) in [6.45, 7) is 3.12. The fourth-order valence-electron chi connectivity index (χ4n) is 1.95. The second kappa shape index (κ2) is 6.70. The van der Waals surface area contributed by atoms with Crippen LogP contribution in [0, 0.1) is 5.92 Å². The molecule has 0 aliphatic carbocycles. The predicted molar refractivity (Wildman–Crippen MR) is 65.8 cm³/mol. The highest BCUT2D eigenvalue weighted by Gasteiger charge is 2.37. The zero-order valence-electron chi connectivity index (χ0n) is 11.0. The minimum Gasteiger partial charge on any atom is -0.469 e. The molecule has 6 nitrogen and oxygen atoms in total. The molecule has 1 unspecified atom stereocenters. The van der Waals surface area contributed by atoms with Gasteiger partial charge in [0.1, 0.15) is 0 Å². The van der Waals surface area contributed by atoms with Gasteiger partial charge in [0.2, 0.25) is 5.91 Å². The molecule has 0 aromatic carbocycles. The van der Waals surface area contributed by atoms with Crippen molar-refractivity contribution in [3.8, 4) is 0 Å². The van der Waals surface area contributed by atoms with Crippen molar-refractivity contribution in [3.05, 3.63) is 0 Å². The van der Waals surface area contributed by atoms with Crippen LogP contribution in [0.5, 0.6) is 0 Å². The molecule has 1 amide bonds. The number of carbonyl (C=O) groups excluding carboxylic acids is 2. The van der Waals surface area contributed by atoms with Gasteiger partial charge < -0.3 is 20.5 Å². The predicted octanol–water partition coefficient (Wildman–Crippen LogP) is -0.190. The van der Waals surface area contributed by atoms with Crippen molar-refractivity contribution in [2.24, 2.45) is 11.7 Å². The minimum atomic E-state index is -0.550. The lowest BCUT2D eigenvalue weighted by molar-refractivity contribution is -0.144. The van der Waals surface area contributed by atoms with E-state index >= 15 is 0 Å². The van der Waals surface area contributed by atoms with Gasteiger partial charge in [-0.25, -0.2) is 0 Å². The van der Waals surface area contributed by atoms with E-state index in [1.165, 1.54) is 7.11 Å². The summed E-state index contributed by atoms with van der Waals surface area (Å²) in [6, 6.07) is 0. The van der Waals surface area contributed by atoms with E-state index in [2.05, 4.69) is 5.32 Å². The first-order valence-corrected chi connectivity index (χ1v) is 6.19. The summed E-state index contributed by atoms with van der Waals surface area (Å²) in [6.07, 6.45) is 1.41. The molecular weight excluding hydrogens is 236 g/mol. The molecule has 104 valence electrons. The highest BCUT2D eigenvalue weighted by molar-refractivity contribution is 5.80. The molecule has 0 aromatic rings. The maximum Gasteiger partial charge on any atom is 0.307 e. The smallest absolute Gasteiger partial charge is 0.307 e. The second-order valence-electron chi connectivity index (χ2n) is 4.77. The van der Waals surface area contributed by atoms with Crippen LogP contribution in [0.2, 0.25) is 0 Å². The first-order valence-electron chi connectivity index (χ1n) is 6.19. The number of hydrogen-bond donors (Lipinski definition) is 2. The number of carbonyl (C=O) groups is 2. The molecule has 1 heterocycles. The molecule has 1 atom stereocenters. The van der Waals surface area contributed by atoms with Crippen LogP contribution in [-0.4, -0.2) is 44.3 Å². The molecule has 0 saturated carbocycles. The number of nitrogens with two attached hydrogens (primary N) is 1. The highest BCUT2D eigenvalue weighted by atomic mass is 16.5. The standard InChI is InChI=1S/C12H22N2O4/c1-9(8-13)11(16)14-12(7-10(15)17-2)3-5-18-6-4-12/h9H,3-8,13H2,1-2H3,(H,14,16). The third-order valence-corrected chi connectivity index (χ3v) is 3.35. The van der Waals surface area contributed by atoms with Crippen LogP contribution in [0.25, 0.3) is 0 Å². The fraction of sp³-hybridized carbons (Fsp3) is 0.833. The van der Waals surface area contributed by atoms with Gasteiger partial charge in [0.15, 0.2) is 0 Å². The summed E-state index contributed by atoms with van der Waals surface area (Å²) in [5, 5.41) is 2.95. The van der Waals surface area contributed by atoms with Gasteiger partial charge in [0, 0.05) is 25.7 Å². The summed E-state index contributed by atoms with van der Waals surface area (Å²) in [5.41, 5.74) is 4.92. The Balaban J connectivity index is 2.71. The van der Waals surface area contributed by atoms with Crippen molar-refractivity contribution in [1.29, 1.82) is 0 Å². The minimum absolute atomic E-state index is 0.122. The number of methoxy groups -OCH3 is 1. The zero-order valence-corrected chi connectivity index (χ0v) is 11.0. The molecule has 3 N–H and O–H groups in total. The summed E-state index contributed by atoms with van der Waals surface area (Å²) in [7, 11) is 1.35. The van der Waals surface area contributed by atoms with Crippen LogP contribution in [0.1, 0.15) is 26.2 Å². The number of rotatable bonds is 5. The lowest BCUT2D eigenvalue weighted by Crippen LogP contribution is -2.55. The summed E-state index contributed by atoms with van der Waals surface area (Å²) in [4.78, 5) is 23.4. The maximum atomic E-state index is 11.9. The Bertz CT molecular complexity index is 300. The Morgan fingerprint density at radius 3 is 2.56 bits per heavy atom. The van der Waals surface area contributed by atoms with Gasteiger partial charge in [-0.3, -0.25) is 9.59 Å². The first-order chi connectivity index (χ1) is 8.53. The average molecular weight is 258 g/mol. The molecule has 6 heteroatoms. The van der Waals surface area contributed by atoms with Crippen molar-refractivity contribution in [2.45, 2.75) is 31.7 Å². The lowest BCUT2D eigenvalue weighted by Gasteiger charge is -2.37. The molecule has 0 radical (unpaired) electrons. The van der Waals surface area contributed by atoms with Crippen molar-refractivity contribution < 1.29 is 19.1 Å². The average Bonchev–Trinajstić information content (AvgIpc) is 2.38. The number of hydrogen-bond acceptors (Lipinski definition) is 5. The van der Waals surface area contributed by atoms with E-state index in [9.17, 15) is 9.59 Å². The van der Waals surface area contributed by atoms with Crippen molar-refractivity contribution in [2.75, 3.05) is 26.9 Å². The Kier molecular flexibility index (Phi) is 5.55. The van der Waals surface area contributed by atoms with Gasteiger partial charge >= 0.3 is 5.97 Å². The topological polar surface area (TPSA) is 90.7 Å². The molecule has 1 aliphatic heterocycles. The van der Waals surface area contributed by atoms with Crippen LogP contribution < -0.4 is 11.1 Å². The van der Waals surface area contributed by atoms with Gasteiger partial charge in [-0.2, -0.15) is 0 Å². The van der Waals surface area contributed by atoms with Crippen LogP contribution in [0.4, 0.5) is 0 Å². The molecular formula is C12H22N2O4. The Labute approximate surface area is 107 Å². The number of esters is 1. The van der Waals surface area contributed by atoms with Gasteiger partial charge in [0.05, 0.1) is 19.1 Å². The van der Waals surface area contributed by atoms with Crippen molar-refractivity contribution in [3.63, 3.8) is 0 Å². The van der Waals surface area contributed by atoms with Gasteiger partial charge in [0.25, 0.3) is 0 Å². The molecule has 1 saturated heterocycles. The van der Waals surface area contributed by atoms with Crippen molar-refractivity contribution >= 4 is 11.9 Å². The zero-order chi connectivity index (χ0) is 13.6. The van der Waals surface area contributed by atoms with Crippen LogP contribution >= 0.6 is 0 Å². The molecule has 1 fully saturated rings. The van der Waals surface area contributed by atoms with Crippen molar-refractivity contribution in [1.82, 2.24) is 5.32 Å². The van der Waals surface area contributed by atoms with Crippen LogP contribution in [0.3, 0.4) is 0 Å². The summed E-state index contributed by atoms with van der Waals surface area (Å²) in [5.74, 6) is -0.705. The fourth-order valence-corrected chi connectivity index (χ4v) is 1.95. The van der Waals surface area contributed by atoms with E-state index in [0.717, 1.165) is 0 Å². The Hall–Kier alpha value is -1.14. The number of ether oxygens (including phenoxy) is 2. The summed E-state index contributed by atoms with van der Waals surface area (Å²) >= 11 is 0. The van der Waals surface area contributed by atoms with Gasteiger partial charge in [-0.15, -0.1) is 0 Å². The third kappa shape index (κ3) is 3.96. The first kappa shape index (κ1) is 14.9. The van der Waals surface area contributed by atoms with E-state index in [1.807, 2.05) is 0 Å². The molecule has 1 aliphatic rings. The quantitative estimate of drug-likeness (QED) is 0.667. The van der Waals surface area contributed by atoms with Gasteiger partial charge in [-0.1, -0.05) is 6.92 Å². The van der Waals surface area contributed by atoms with E-state index in [1.54, 1.807) is 6.92 Å². The van der Waals surface area contributed by atoms with Crippen LogP contribution in [-0.2, 0) is 19.1 Å². The highest BCUT2D eigenvalue weighted by Crippen LogP contribution is 2.25. The van der Waals surface area contributed by atoms with E-state index in [0.29, 0.717) is 26.1 Å². The normalized spacial score (nSPS) is 19.9. The second-order valence-corrected chi connectivity index (χ2v) is 4.77. The molecule has 0 bridgehead atoms. The van der Waals surface area contributed by atoms with Crippen LogP contribution in [0.15, 0.2) is 0 Å². The molecule has 18 heavy (non-hydrogen) atoms. The third-order valence-electron chi connectivity index (χ3n) is 3.35. The summed E-state index contributed by atoms with van der Waals surface area (Å²) < 4.78 is 9.97. The monoisotopic (exact) mass is 258 g/mol. The number of nitrogens with one attached hydrogen (secondary N) is 1. The van der Waals surface area contributed by atoms with E-state index in [-0.39, 0.29) is 30.8 Å². The molecule has 0 aromatic heterocycles. The van der Waals surface area contributed by atoms with E-state index in [4.69, 9.17) is 15.2 Å². The Morgan fingerprint density at radius 1 is 1.44 bits per heavy atom. The maximum absolute atomic E-state index is 11.9. The lowest BCUT2D eigenvalue weighted by atomic mass is 9.86. The molecule has 0 spiro atoms. The SMILES string of the molecule is COC(=O)CC1(NC(=O)C(C)CN)CCOCC1. The van der Waals surface area contributed by atoms with E-state index < -0.39 is 5.54 Å². The molecule has 1 rings (SSSR count). The van der Waals surface area contributed by atoms with Gasteiger partial charge in [-0.05, 0) is 12.8 Å². The number of amides is 1. The Morgan fingerprint density at radius 2 is 2.06 bits per heavy atom.